The second-order valence-corrected chi connectivity index (χ2v) is 3.04. The Bertz CT molecular complexity index is 188. The van der Waals surface area contributed by atoms with E-state index >= 15 is 0 Å². The van der Waals surface area contributed by atoms with Crippen molar-refractivity contribution in [3.05, 3.63) is 11.6 Å². The van der Waals surface area contributed by atoms with E-state index in [0.29, 0.717) is 0 Å². The summed E-state index contributed by atoms with van der Waals surface area (Å²) in [5, 5.41) is 1.62. The van der Waals surface area contributed by atoms with Gasteiger partial charge in [-0.15, -0.1) is 11.3 Å². The van der Waals surface area contributed by atoms with Gasteiger partial charge in [0.1, 0.15) is 0 Å². The Morgan fingerprint density at radius 3 is 2.67 bits per heavy atom. The second kappa shape index (κ2) is 4.54. The van der Waals surface area contributed by atoms with Crippen molar-refractivity contribution in [3.63, 3.8) is 0 Å². The number of thiazole rings is 1. The van der Waals surface area contributed by atoms with Gasteiger partial charge in [-0.1, -0.05) is 0 Å². The van der Waals surface area contributed by atoms with Crippen molar-refractivity contribution in [1.29, 1.82) is 0 Å². The molecule has 0 saturated heterocycles. The zero-order valence-electron chi connectivity index (χ0n) is 4.73. The number of aromatic nitrogens is 1. The molecular formula is C3H2NNaO2S2. The van der Waals surface area contributed by atoms with Crippen LogP contribution >= 0.6 is 11.3 Å². The maximum absolute atomic E-state index is 10.0. The molecule has 0 bridgehead atoms. The van der Waals surface area contributed by atoms with Crippen molar-refractivity contribution < 1.29 is 38.3 Å². The normalized spacial score (nSPS) is 12.1. The predicted molar refractivity (Wildman–Crippen MR) is 29.3 cm³/mol. The van der Waals surface area contributed by atoms with Crippen LogP contribution in [0.2, 0.25) is 0 Å². The zero-order valence-corrected chi connectivity index (χ0v) is 8.37. The largest absolute Gasteiger partial charge is 1.00 e. The van der Waals surface area contributed by atoms with Gasteiger partial charge >= 0.3 is 29.6 Å². The third-order valence-electron chi connectivity index (χ3n) is 0.552. The molecule has 0 aliphatic heterocycles. The Balaban J connectivity index is 0.000000640. The molecule has 6 heteroatoms. The molecule has 3 nitrogen and oxygen atoms in total. The monoisotopic (exact) mass is 171 g/mol. The molecular weight excluding hydrogens is 169 g/mol. The molecule has 0 fully saturated rings. The average Bonchev–Trinajstić information content (AvgIpc) is 2.12. The summed E-state index contributed by atoms with van der Waals surface area (Å²) >= 11 is -1.03. The Morgan fingerprint density at radius 2 is 2.44 bits per heavy atom. The molecule has 1 heterocycles. The zero-order chi connectivity index (χ0) is 5.98. The van der Waals surface area contributed by atoms with Gasteiger partial charge in [-0.2, -0.15) is 0 Å². The van der Waals surface area contributed by atoms with Crippen LogP contribution in [0.25, 0.3) is 0 Å². The van der Waals surface area contributed by atoms with E-state index in [1.165, 1.54) is 6.20 Å². The van der Waals surface area contributed by atoms with Gasteiger partial charge < -0.3 is 4.55 Å². The van der Waals surface area contributed by atoms with Gasteiger partial charge in [0.25, 0.3) is 0 Å². The third kappa shape index (κ3) is 2.88. The van der Waals surface area contributed by atoms with Gasteiger partial charge in [-0.25, -0.2) is 4.98 Å². The number of nitrogens with zero attached hydrogens (tertiary/aromatic N) is 1. The van der Waals surface area contributed by atoms with Gasteiger partial charge in [0.15, 0.2) is 4.34 Å². The maximum Gasteiger partial charge on any atom is 1.00 e. The van der Waals surface area contributed by atoms with Crippen LogP contribution in [0, 0.1) is 0 Å². The first-order chi connectivity index (χ1) is 3.80. The summed E-state index contributed by atoms with van der Waals surface area (Å²) in [4.78, 5) is 3.52. The fourth-order valence-electron chi connectivity index (χ4n) is 0.293. The Labute approximate surface area is 81.1 Å². The van der Waals surface area contributed by atoms with E-state index in [9.17, 15) is 8.76 Å². The SMILES string of the molecule is O=S([O-])c1nccs1.[Na+]. The van der Waals surface area contributed by atoms with Crippen molar-refractivity contribution in [1.82, 2.24) is 4.98 Å². The summed E-state index contributed by atoms with van der Waals surface area (Å²) in [6, 6.07) is 0. The van der Waals surface area contributed by atoms with Crippen molar-refractivity contribution in [2.75, 3.05) is 0 Å². The third-order valence-corrected chi connectivity index (χ3v) is 2.20. The molecule has 0 spiro atoms. The van der Waals surface area contributed by atoms with Crippen LogP contribution in [0.3, 0.4) is 0 Å². The second-order valence-electron chi connectivity index (χ2n) is 1.03. The van der Waals surface area contributed by atoms with Crippen LogP contribution in [-0.2, 0) is 11.1 Å². The van der Waals surface area contributed by atoms with Crippen LogP contribution in [0.15, 0.2) is 15.9 Å². The summed E-state index contributed by atoms with van der Waals surface area (Å²) in [6.07, 6.45) is 1.45. The molecule has 1 unspecified atom stereocenters. The molecule has 1 aromatic rings. The predicted octanol–water partition coefficient (Wildman–Crippen LogP) is -2.61. The standard InChI is InChI=1S/C3H3NO2S2.Na/c5-8(6)3-4-1-2-7-3;/h1-2H,(H,5,6);/q;+1/p-1. The fraction of sp³-hybridized carbons (Fsp3) is 0. The van der Waals surface area contributed by atoms with Crippen molar-refractivity contribution in [3.8, 4) is 0 Å². The molecule has 0 aliphatic rings. The first kappa shape index (κ1) is 9.74. The van der Waals surface area contributed by atoms with E-state index in [-0.39, 0.29) is 33.9 Å². The van der Waals surface area contributed by atoms with Crippen molar-refractivity contribution in [2.24, 2.45) is 0 Å². The van der Waals surface area contributed by atoms with Gasteiger partial charge in [0.2, 0.25) is 0 Å². The number of hydrogen-bond acceptors (Lipinski definition) is 4. The Morgan fingerprint density at radius 1 is 1.78 bits per heavy atom. The van der Waals surface area contributed by atoms with E-state index in [2.05, 4.69) is 4.98 Å². The van der Waals surface area contributed by atoms with Crippen LogP contribution in [0.5, 0.6) is 0 Å². The quantitative estimate of drug-likeness (QED) is 0.343. The molecule has 9 heavy (non-hydrogen) atoms. The molecule has 44 valence electrons. The molecule has 0 aromatic carbocycles. The van der Waals surface area contributed by atoms with E-state index < -0.39 is 11.1 Å². The van der Waals surface area contributed by atoms with E-state index in [4.69, 9.17) is 0 Å². The van der Waals surface area contributed by atoms with E-state index in [1.807, 2.05) is 0 Å². The first-order valence-electron chi connectivity index (χ1n) is 1.79. The first-order valence-corrected chi connectivity index (χ1v) is 3.75. The van der Waals surface area contributed by atoms with Gasteiger partial charge in [-0.3, -0.25) is 4.21 Å². The minimum Gasteiger partial charge on any atom is -0.767 e. The van der Waals surface area contributed by atoms with Gasteiger partial charge in [0.05, 0.1) is 0 Å². The van der Waals surface area contributed by atoms with Crippen LogP contribution in [-0.4, -0.2) is 13.7 Å². The average molecular weight is 171 g/mol. The Kier molecular flexibility index (Phi) is 4.91. The smallest absolute Gasteiger partial charge is 0.767 e. The maximum atomic E-state index is 10.0. The number of rotatable bonds is 1. The van der Waals surface area contributed by atoms with Crippen LogP contribution in [0.1, 0.15) is 0 Å². The van der Waals surface area contributed by atoms with E-state index in [0.717, 1.165) is 11.3 Å². The molecule has 1 aromatic heterocycles. The minimum absolute atomic E-state index is 0. The van der Waals surface area contributed by atoms with Crippen LogP contribution in [0.4, 0.5) is 0 Å². The molecule has 0 amide bonds. The summed E-state index contributed by atoms with van der Waals surface area (Å²) < 4.78 is 20.2. The van der Waals surface area contributed by atoms with Crippen molar-refractivity contribution >= 4 is 22.4 Å². The fourth-order valence-corrected chi connectivity index (χ4v) is 1.28. The summed E-state index contributed by atoms with van der Waals surface area (Å²) in [6.45, 7) is 0. The topological polar surface area (TPSA) is 53.0 Å². The molecule has 1 rings (SSSR count). The molecule has 0 aliphatic carbocycles. The number of hydrogen-bond donors (Lipinski definition) is 0. The van der Waals surface area contributed by atoms with Crippen molar-refractivity contribution in [2.45, 2.75) is 4.34 Å². The molecule has 0 N–H and O–H groups in total. The minimum atomic E-state index is -2.14. The molecule has 0 radical (unpaired) electrons. The van der Waals surface area contributed by atoms with Gasteiger partial charge in [0, 0.05) is 22.7 Å². The summed E-state index contributed by atoms with van der Waals surface area (Å²) in [7, 11) is 0. The molecule has 0 saturated carbocycles. The van der Waals surface area contributed by atoms with Crippen LogP contribution < -0.4 is 29.6 Å². The van der Waals surface area contributed by atoms with Gasteiger partial charge in [-0.05, 0) is 0 Å². The Hall–Kier alpha value is 0.740. The summed E-state index contributed by atoms with van der Waals surface area (Å²) in [5.41, 5.74) is 0. The summed E-state index contributed by atoms with van der Waals surface area (Å²) in [5.74, 6) is 0. The van der Waals surface area contributed by atoms with E-state index in [1.54, 1.807) is 5.38 Å². The molecule has 1 atom stereocenters.